The van der Waals surface area contributed by atoms with E-state index in [1.165, 1.54) is 0 Å². The molecular weight excluding hydrogens is 298 g/mol. The Kier molecular flexibility index (Phi) is 4.35. The fraction of sp³-hybridized carbons (Fsp3) is 0.0500. The number of aryl methyl sites for hydroxylation is 1. The first-order valence-corrected chi connectivity index (χ1v) is 7.50. The number of anilines is 1. The van der Waals surface area contributed by atoms with Gasteiger partial charge in [0.25, 0.3) is 5.91 Å². The van der Waals surface area contributed by atoms with Gasteiger partial charge >= 0.3 is 0 Å². The van der Waals surface area contributed by atoms with Gasteiger partial charge in [-0.3, -0.25) is 9.78 Å². The van der Waals surface area contributed by atoms with Gasteiger partial charge in [0.15, 0.2) is 0 Å². The van der Waals surface area contributed by atoms with E-state index < -0.39 is 0 Å². The molecule has 1 aromatic heterocycles. The predicted molar refractivity (Wildman–Crippen MR) is 93.5 cm³/mol. The van der Waals surface area contributed by atoms with E-state index in [-0.39, 0.29) is 5.91 Å². The van der Waals surface area contributed by atoms with Crippen LogP contribution in [0.3, 0.4) is 0 Å². The van der Waals surface area contributed by atoms with Gasteiger partial charge in [-0.15, -0.1) is 0 Å². The van der Waals surface area contributed by atoms with E-state index >= 15 is 0 Å². The molecular formula is C20H15N3O. The van der Waals surface area contributed by atoms with E-state index in [2.05, 4.69) is 16.4 Å². The minimum absolute atomic E-state index is 0.214. The average Bonchev–Trinajstić information content (AvgIpc) is 2.62. The Labute approximate surface area is 140 Å². The molecule has 0 radical (unpaired) electrons. The summed E-state index contributed by atoms with van der Waals surface area (Å²) >= 11 is 0. The fourth-order valence-corrected chi connectivity index (χ4v) is 2.36. The molecule has 2 aromatic carbocycles. The van der Waals surface area contributed by atoms with Crippen molar-refractivity contribution in [1.29, 1.82) is 5.26 Å². The number of pyridine rings is 1. The third kappa shape index (κ3) is 3.47. The Morgan fingerprint density at radius 1 is 1.08 bits per heavy atom. The summed E-state index contributed by atoms with van der Waals surface area (Å²) in [7, 11) is 0. The zero-order chi connectivity index (χ0) is 16.9. The predicted octanol–water partition coefficient (Wildman–Crippen LogP) is 4.18. The Balaban J connectivity index is 1.78. The largest absolute Gasteiger partial charge is 0.322 e. The third-order valence-corrected chi connectivity index (χ3v) is 3.61. The van der Waals surface area contributed by atoms with E-state index in [0.717, 1.165) is 16.8 Å². The number of amides is 1. The van der Waals surface area contributed by atoms with Gasteiger partial charge in [0.2, 0.25) is 0 Å². The molecule has 0 fully saturated rings. The van der Waals surface area contributed by atoms with Crippen molar-refractivity contribution in [2.75, 3.05) is 5.32 Å². The number of aromatic nitrogens is 1. The van der Waals surface area contributed by atoms with Crippen molar-refractivity contribution in [3.05, 3.63) is 83.6 Å². The maximum Gasteiger partial charge on any atom is 0.255 e. The van der Waals surface area contributed by atoms with Gasteiger partial charge in [-0.1, -0.05) is 18.2 Å². The summed E-state index contributed by atoms with van der Waals surface area (Å²) in [4.78, 5) is 16.6. The van der Waals surface area contributed by atoms with Crippen LogP contribution < -0.4 is 5.32 Å². The molecule has 0 spiro atoms. The first kappa shape index (κ1) is 15.4. The molecule has 116 valence electrons. The Morgan fingerprint density at radius 2 is 1.88 bits per heavy atom. The van der Waals surface area contributed by atoms with Crippen LogP contribution in [-0.2, 0) is 0 Å². The number of carbonyl (C=O) groups is 1. The molecule has 0 aliphatic rings. The van der Waals surface area contributed by atoms with Gasteiger partial charge in [0.05, 0.1) is 17.3 Å². The van der Waals surface area contributed by atoms with Gasteiger partial charge in [0.1, 0.15) is 0 Å². The summed E-state index contributed by atoms with van der Waals surface area (Å²) in [6, 6.07) is 20.1. The van der Waals surface area contributed by atoms with Crippen molar-refractivity contribution in [1.82, 2.24) is 4.98 Å². The molecule has 0 saturated heterocycles. The smallest absolute Gasteiger partial charge is 0.255 e. The SMILES string of the molecule is Cc1ccnc(-c2ccc(C(=O)Nc3cccc(C#N)c3)cc2)c1. The van der Waals surface area contributed by atoms with Gasteiger partial charge in [0, 0.05) is 23.0 Å². The molecule has 24 heavy (non-hydrogen) atoms. The number of nitriles is 1. The highest BCUT2D eigenvalue weighted by Crippen LogP contribution is 2.19. The van der Waals surface area contributed by atoms with Crippen molar-refractivity contribution in [3.8, 4) is 17.3 Å². The molecule has 0 aliphatic heterocycles. The van der Waals surface area contributed by atoms with Crippen LogP contribution in [0.25, 0.3) is 11.3 Å². The van der Waals surface area contributed by atoms with Gasteiger partial charge < -0.3 is 5.32 Å². The molecule has 1 amide bonds. The van der Waals surface area contributed by atoms with Crippen molar-refractivity contribution in [2.45, 2.75) is 6.92 Å². The second-order valence-electron chi connectivity index (χ2n) is 5.44. The number of rotatable bonds is 3. The Bertz CT molecular complexity index is 924. The molecule has 3 rings (SSSR count). The van der Waals surface area contributed by atoms with E-state index in [0.29, 0.717) is 16.8 Å². The normalized spacial score (nSPS) is 10.0. The van der Waals surface area contributed by atoms with Crippen molar-refractivity contribution in [2.24, 2.45) is 0 Å². The molecule has 0 unspecified atom stereocenters. The van der Waals surface area contributed by atoms with Crippen LogP contribution in [0.5, 0.6) is 0 Å². The topological polar surface area (TPSA) is 65.8 Å². The average molecular weight is 313 g/mol. The molecule has 4 nitrogen and oxygen atoms in total. The quantitative estimate of drug-likeness (QED) is 0.788. The number of benzene rings is 2. The Hall–Kier alpha value is -3.45. The number of hydrogen-bond donors (Lipinski definition) is 1. The number of hydrogen-bond acceptors (Lipinski definition) is 3. The number of nitrogens with one attached hydrogen (secondary N) is 1. The first-order valence-electron chi connectivity index (χ1n) is 7.50. The lowest BCUT2D eigenvalue weighted by molar-refractivity contribution is 0.102. The summed E-state index contributed by atoms with van der Waals surface area (Å²) in [6.45, 7) is 2.02. The Morgan fingerprint density at radius 3 is 2.58 bits per heavy atom. The van der Waals surface area contributed by atoms with Crippen LogP contribution in [0.1, 0.15) is 21.5 Å². The molecule has 3 aromatic rings. The van der Waals surface area contributed by atoms with Gasteiger partial charge in [-0.25, -0.2) is 0 Å². The molecule has 0 bridgehead atoms. The highest BCUT2D eigenvalue weighted by Gasteiger charge is 2.07. The lowest BCUT2D eigenvalue weighted by Gasteiger charge is -2.07. The lowest BCUT2D eigenvalue weighted by atomic mass is 10.1. The van der Waals surface area contributed by atoms with Crippen LogP contribution in [0.4, 0.5) is 5.69 Å². The van der Waals surface area contributed by atoms with E-state index in [1.54, 1.807) is 42.6 Å². The minimum atomic E-state index is -0.214. The second kappa shape index (κ2) is 6.76. The van der Waals surface area contributed by atoms with Crippen LogP contribution in [0.15, 0.2) is 66.9 Å². The lowest BCUT2D eigenvalue weighted by Crippen LogP contribution is -2.11. The highest BCUT2D eigenvalue weighted by molar-refractivity contribution is 6.04. The van der Waals surface area contributed by atoms with E-state index in [4.69, 9.17) is 5.26 Å². The van der Waals surface area contributed by atoms with Crippen molar-refractivity contribution >= 4 is 11.6 Å². The third-order valence-electron chi connectivity index (χ3n) is 3.61. The van der Waals surface area contributed by atoms with Gasteiger partial charge in [-0.05, 0) is 55.0 Å². The fourth-order valence-electron chi connectivity index (χ4n) is 2.36. The first-order chi connectivity index (χ1) is 11.7. The number of nitrogens with zero attached hydrogens (tertiary/aromatic N) is 2. The summed E-state index contributed by atoms with van der Waals surface area (Å²) in [6.07, 6.45) is 1.77. The summed E-state index contributed by atoms with van der Waals surface area (Å²) < 4.78 is 0. The van der Waals surface area contributed by atoms with Gasteiger partial charge in [-0.2, -0.15) is 5.26 Å². The monoisotopic (exact) mass is 313 g/mol. The molecule has 0 aliphatic carbocycles. The van der Waals surface area contributed by atoms with Crippen LogP contribution in [-0.4, -0.2) is 10.9 Å². The summed E-state index contributed by atoms with van der Waals surface area (Å²) in [5.74, 6) is -0.214. The molecule has 0 atom stereocenters. The summed E-state index contributed by atoms with van der Waals surface area (Å²) in [5, 5.41) is 11.7. The summed E-state index contributed by atoms with van der Waals surface area (Å²) in [5.41, 5.74) is 4.63. The van der Waals surface area contributed by atoms with E-state index in [9.17, 15) is 4.79 Å². The van der Waals surface area contributed by atoms with Crippen LogP contribution in [0.2, 0.25) is 0 Å². The zero-order valence-corrected chi connectivity index (χ0v) is 13.2. The number of carbonyl (C=O) groups excluding carboxylic acids is 1. The van der Waals surface area contributed by atoms with Crippen molar-refractivity contribution in [3.63, 3.8) is 0 Å². The zero-order valence-electron chi connectivity index (χ0n) is 13.2. The standard InChI is InChI=1S/C20H15N3O/c1-14-9-10-22-19(11-14)16-5-7-17(8-6-16)20(24)23-18-4-2-3-15(12-18)13-21/h2-12H,1H3,(H,23,24). The minimum Gasteiger partial charge on any atom is -0.322 e. The van der Waals surface area contributed by atoms with E-state index in [1.807, 2.05) is 31.2 Å². The second-order valence-corrected chi connectivity index (χ2v) is 5.44. The molecule has 0 saturated carbocycles. The molecule has 1 heterocycles. The maximum atomic E-state index is 12.3. The van der Waals surface area contributed by atoms with Crippen LogP contribution >= 0.6 is 0 Å². The van der Waals surface area contributed by atoms with Crippen molar-refractivity contribution < 1.29 is 4.79 Å². The maximum absolute atomic E-state index is 12.3. The molecule has 4 heteroatoms. The molecule has 1 N–H and O–H groups in total. The van der Waals surface area contributed by atoms with Crippen LogP contribution in [0, 0.1) is 18.3 Å². The highest BCUT2D eigenvalue weighted by atomic mass is 16.1.